The maximum absolute atomic E-state index is 14.1. The lowest BCUT2D eigenvalue weighted by molar-refractivity contribution is -0.143. The van der Waals surface area contributed by atoms with Crippen molar-refractivity contribution < 1.29 is 24.2 Å². The van der Waals surface area contributed by atoms with E-state index in [0.29, 0.717) is 24.1 Å². The van der Waals surface area contributed by atoms with Crippen LogP contribution in [0.25, 0.3) is 0 Å². The van der Waals surface area contributed by atoms with E-state index < -0.39 is 23.8 Å². The summed E-state index contributed by atoms with van der Waals surface area (Å²) in [6.45, 7) is 17.1. The summed E-state index contributed by atoms with van der Waals surface area (Å²) in [6, 6.07) is 3.16. The van der Waals surface area contributed by atoms with E-state index >= 15 is 0 Å². The first-order chi connectivity index (χ1) is 17.2. The number of carbonyl (C=O) groups excluding carboxylic acids is 3. The monoisotopic (exact) mass is 519 g/mol. The number of aryl methyl sites for hydroxylation is 1. The zero-order chi connectivity index (χ0) is 28.3. The molecule has 3 amide bonds. The number of rotatable bonds is 13. The number of hydrogen-bond acceptors (Lipinski definition) is 5. The molecule has 0 bridgehead atoms. The number of carbonyl (C=O) groups is 3. The van der Waals surface area contributed by atoms with Crippen LogP contribution in [-0.2, 0) is 14.3 Å². The van der Waals surface area contributed by atoms with Gasteiger partial charge in [-0.3, -0.25) is 9.59 Å². The molecule has 0 spiro atoms. The molecule has 0 fully saturated rings. The largest absolute Gasteiger partial charge is 0.507 e. The van der Waals surface area contributed by atoms with Crippen molar-refractivity contribution >= 4 is 17.9 Å². The van der Waals surface area contributed by atoms with Crippen LogP contribution in [0.4, 0.5) is 4.79 Å². The molecule has 0 saturated heterocycles. The number of hydrogen-bond donors (Lipinski definition) is 3. The Kier molecular flexibility index (Phi) is 12.9. The lowest BCUT2D eigenvalue weighted by Gasteiger charge is -2.36. The summed E-state index contributed by atoms with van der Waals surface area (Å²) in [5, 5.41) is 16.7. The summed E-state index contributed by atoms with van der Waals surface area (Å²) in [5.41, 5.74) is 0.261. The van der Waals surface area contributed by atoms with E-state index in [2.05, 4.69) is 17.6 Å². The summed E-state index contributed by atoms with van der Waals surface area (Å²) in [4.78, 5) is 42.0. The summed E-state index contributed by atoms with van der Waals surface area (Å²) in [7, 11) is 0. The maximum Gasteiger partial charge on any atom is 0.408 e. The highest BCUT2D eigenvalue weighted by atomic mass is 16.6. The summed E-state index contributed by atoms with van der Waals surface area (Å²) in [5.74, 6) is -1.02. The van der Waals surface area contributed by atoms with Gasteiger partial charge in [-0.25, -0.2) is 4.79 Å². The number of nitrogens with zero attached hydrogens (tertiary/aromatic N) is 1. The molecule has 3 N–H and O–H groups in total. The van der Waals surface area contributed by atoms with Crippen molar-refractivity contribution in [2.24, 2.45) is 5.92 Å². The summed E-state index contributed by atoms with van der Waals surface area (Å²) >= 11 is 0. The zero-order valence-electron chi connectivity index (χ0n) is 24.3. The van der Waals surface area contributed by atoms with E-state index in [9.17, 15) is 19.5 Å². The van der Waals surface area contributed by atoms with E-state index in [0.717, 1.165) is 25.7 Å². The predicted octanol–water partition coefficient (Wildman–Crippen LogP) is 5.61. The number of phenolic OH excluding ortho intramolecular Hbond substituents is 1. The van der Waals surface area contributed by atoms with Gasteiger partial charge in [-0.15, -0.1) is 0 Å². The van der Waals surface area contributed by atoms with Crippen LogP contribution in [0.15, 0.2) is 18.2 Å². The Labute approximate surface area is 223 Å². The van der Waals surface area contributed by atoms with E-state index in [4.69, 9.17) is 4.74 Å². The van der Waals surface area contributed by atoms with Gasteiger partial charge in [0.1, 0.15) is 23.4 Å². The lowest BCUT2D eigenvalue weighted by atomic mass is 9.96. The van der Waals surface area contributed by atoms with E-state index in [1.165, 1.54) is 4.90 Å². The van der Waals surface area contributed by atoms with Crippen LogP contribution in [0.3, 0.4) is 0 Å². The fraction of sp³-hybridized carbons (Fsp3) is 0.690. The molecule has 0 radical (unpaired) electrons. The molecular formula is C29H49N3O5. The quantitative estimate of drug-likeness (QED) is 0.293. The molecule has 1 rings (SSSR count). The van der Waals surface area contributed by atoms with E-state index in [1.807, 2.05) is 27.7 Å². The van der Waals surface area contributed by atoms with Gasteiger partial charge in [-0.2, -0.15) is 0 Å². The minimum absolute atomic E-state index is 0.0136. The first kappa shape index (κ1) is 32.3. The van der Waals surface area contributed by atoms with Gasteiger partial charge >= 0.3 is 6.09 Å². The molecule has 210 valence electrons. The minimum atomic E-state index is -1.05. The second-order valence-corrected chi connectivity index (χ2v) is 11.2. The van der Waals surface area contributed by atoms with Crippen molar-refractivity contribution in [2.45, 2.75) is 118 Å². The molecule has 37 heavy (non-hydrogen) atoms. The highest BCUT2D eigenvalue weighted by Gasteiger charge is 2.38. The molecule has 0 aliphatic rings. The Balaban J connectivity index is 3.56. The van der Waals surface area contributed by atoms with Gasteiger partial charge in [0.05, 0.1) is 0 Å². The number of ether oxygens (including phenoxy) is 1. The molecule has 8 heteroatoms. The topological polar surface area (TPSA) is 108 Å². The highest BCUT2D eigenvalue weighted by molar-refractivity contribution is 5.92. The Morgan fingerprint density at radius 2 is 1.68 bits per heavy atom. The molecule has 1 aromatic carbocycles. The molecule has 0 heterocycles. The predicted molar refractivity (Wildman–Crippen MR) is 147 cm³/mol. The molecule has 1 aromatic rings. The number of aromatic hydroxyl groups is 1. The minimum Gasteiger partial charge on any atom is -0.507 e. The molecule has 0 aromatic heterocycles. The van der Waals surface area contributed by atoms with Crippen LogP contribution in [0.1, 0.15) is 105 Å². The Bertz CT molecular complexity index is 894. The smallest absolute Gasteiger partial charge is 0.408 e. The van der Waals surface area contributed by atoms with Crippen molar-refractivity contribution in [3.8, 4) is 5.75 Å². The average molecular weight is 520 g/mol. The SMILES string of the molecule is CCCCCN(C(=O)C(NC(=O)OC(C)(C)C)C(C)C)C(C(=O)NC(C)CCC)c1cccc(C)c1O. The summed E-state index contributed by atoms with van der Waals surface area (Å²) in [6.07, 6.45) is 3.49. The fourth-order valence-corrected chi connectivity index (χ4v) is 4.21. The molecule has 0 aliphatic carbocycles. The molecule has 0 aliphatic heterocycles. The van der Waals surface area contributed by atoms with Crippen LogP contribution in [0, 0.1) is 12.8 Å². The summed E-state index contributed by atoms with van der Waals surface area (Å²) < 4.78 is 5.41. The average Bonchev–Trinajstić information content (AvgIpc) is 2.77. The fourth-order valence-electron chi connectivity index (χ4n) is 4.21. The second-order valence-electron chi connectivity index (χ2n) is 11.2. The molecule has 3 atom stereocenters. The third-order valence-corrected chi connectivity index (χ3v) is 6.12. The number of amides is 3. The number of alkyl carbamates (subject to hydrolysis) is 1. The van der Waals surface area contributed by atoms with Gasteiger partial charge in [0, 0.05) is 18.2 Å². The van der Waals surface area contributed by atoms with E-state index in [-0.39, 0.29) is 29.5 Å². The van der Waals surface area contributed by atoms with Gasteiger partial charge in [0.15, 0.2) is 0 Å². The van der Waals surface area contributed by atoms with Crippen LogP contribution in [0.5, 0.6) is 5.75 Å². The third kappa shape index (κ3) is 10.3. The van der Waals surface area contributed by atoms with Crippen LogP contribution in [0.2, 0.25) is 0 Å². The van der Waals surface area contributed by atoms with Gasteiger partial charge in [-0.05, 0) is 58.9 Å². The number of phenols is 1. The van der Waals surface area contributed by atoms with Crippen LogP contribution in [-0.4, -0.2) is 52.1 Å². The van der Waals surface area contributed by atoms with Gasteiger partial charge < -0.3 is 25.4 Å². The van der Waals surface area contributed by atoms with Crippen molar-refractivity contribution in [1.82, 2.24) is 15.5 Å². The van der Waals surface area contributed by atoms with Gasteiger partial charge in [-0.1, -0.05) is 65.2 Å². The third-order valence-electron chi connectivity index (χ3n) is 6.12. The first-order valence-corrected chi connectivity index (χ1v) is 13.6. The standard InChI is InChI=1S/C29H49N3O5/c1-10-12-13-18-32(27(35)23(19(3)4)31-28(36)37-29(7,8)9)24(26(34)30-21(6)15-11-2)22-17-14-16-20(5)25(22)33/h14,16-17,19,21,23-24,33H,10-13,15,18H2,1-9H3,(H,30,34)(H,31,36). The zero-order valence-corrected chi connectivity index (χ0v) is 24.3. The van der Waals surface area contributed by atoms with Crippen molar-refractivity contribution in [1.29, 1.82) is 0 Å². The Hall–Kier alpha value is -2.77. The Morgan fingerprint density at radius 3 is 2.22 bits per heavy atom. The van der Waals surface area contributed by atoms with E-state index in [1.54, 1.807) is 45.9 Å². The molecule has 3 unspecified atom stereocenters. The van der Waals surface area contributed by atoms with Crippen LogP contribution < -0.4 is 10.6 Å². The van der Waals surface area contributed by atoms with Crippen molar-refractivity contribution in [3.05, 3.63) is 29.3 Å². The number of unbranched alkanes of at least 4 members (excludes halogenated alkanes) is 2. The normalized spacial score (nSPS) is 14.0. The molecular weight excluding hydrogens is 470 g/mol. The van der Waals surface area contributed by atoms with Crippen molar-refractivity contribution in [3.63, 3.8) is 0 Å². The Morgan fingerprint density at radius 1 is 1.03 bits per heavy atom. The number of benzene rings is 1. The number of para-hydroxylation sites is 1. The molecule has 8 nitrogen and oxygen atoms in total. The van der Waals surface area contributed by atoms with Crippen molar-refractivity contribution in [2.75, 3.05) is 6.54 Å². The van der Waals surface area contributed by atoms with Gasteiger partial charge in [0.25, 0.3) is 0 Å². The van der Waals surface area contributed by atoms with Gasteiger partial charge in [0.2, 0.25) is 11.8 Å². The molecule has 0 saturated carbocycles. The van der Waals surface area contributed by atoms with Crippen LogP contribution >= 0.6 is 0 Å². The lowest BCUT2D eigenvalue weighted by Crippen LogP contribution is -2.55. The maximum atomic E-state index is 14.1. The second kappa shape index (κ2) is 14.8. The first-order valence-electron chi connectivity index (χ1n) is 13.6. The highest BCUT2D eigenvalue weighted by Crippen LogP contribution is 2.33. The number of nitrogens with one attached hydrogen (secondary N) is 2.